The number of likely N-dealkylation sites (tertiary alicyclic amines) is 1. The van der Waals surface area contributed by atoms with Crippen molar-refractivity contribution in [2.75, 3.05) is 19.7 Å². The van der Waals surface area contributed by atoms with Gasteiger partial charge >= 0.3 is 0 Å². The summed E-state index contributed by atoms with van der Waals surface area (Å²) < 4.78 is 18.4. The molecule has 1 fully saturated rings. The molecule has 1 aliphatic rings. The summed E-state index contributed by atoms with van der Waals surface area (Å²) in [5, 5.41) is 2.15. The second-order valence-corrected chi connectivity index (χ2v) is 6.54. The molecule has 112 valence electrons. The summed E-state index contributed by atoms with van der Waals surface area (Å²) in [6, 6.07) is 5.14. The molecule has 3 nitrogen and oxygen atoms in total. The Hall–Kier alpha value is -1.46. The third kappa shape index (κ3) is 3.80. The molecule has 0 saturated carbocycles. The second-order valence-electron chi connectivity index (χ2n) is 5.54. The first-order valence-electron chi connectivity index (χ1n) is 7.20. The maximum Gasteiger partial charge on any atom is 0.213 e. The maximum absolute atomic E-state index is 12.8. The van der Waals surface area contributed by atoms with Crippen LogP contribution in [-0.2, 0) is 6.54 Å². The summed E-state index contributed by atoms with van der Waals surface area (Å²) in [7, 11) is 0. The molecule has 3 rings (SSSR count). The van der Waals surface area contributed by atoms with Crippen molar-refractivity contribution in [3.8, 4) is 5.88 Å². The van der Waals surface area contributed by atoms with Crippen molar-refractivity contribution in [3.05, 3.63) is 46.0 Å². The molecule has 1 aliphatic heterocycles. The van der Waals surface area contributed by atoms with E-state index >= 15 is 0 Å². The molecular weight excluding hydrogens is 287 g/mol. The number of hydrogen-bond donors (Lipinski definition) is 0. The van der Waals surface area contributed by atoms with Gasteiger partial charge in [-0.25, -0.2) is 9.37 Å². The lowest BCUT2D eigenvalue weighted by Crippen LogP contribution is -2.22. The fourth-order valence-electron chi connectivity index (χ4n) is 2.61. The molecule has 0 amide bonds. The largest absolute Gasteiger partial charge is 0.477 e. The van der Waals surface area contributed by atoms with E-state index < -0.39 is 0 Å². The molecular formula is C16H19FN2OS. The van der Waals surface area contributed by atoms with Gasteiger partial charge in [0.25, 0.3) is 0 Å². The fraction of sp³-hybridized carbons (Fsp3) is 0.438. The highest BCUT2D eigenvalue weighted by atomic mass is 32.1. The smallest absolute Gasteiger partial charge is 0.213 e. The molecule has 0 N–H and O–H groups in total. The van der Waals surface area contributed by atoms with Gasteiger partial charge in [0.1, 0.15) is 5.82 Å². The Morgan fingerprint density at radius 3 is 3.05 bits per heavy atom. The molecule has 0 aliphatic carbocycles. The molecule has 3 heterocycles. The number of halogens is 1. The Bertz CT molecular complexity index is 584. The third-order valence-corrected chi connectivity index (χ3v) is 4.88. The first kappa shape index (κ1) is 14.5. The Labute approximate surface area is 128 Å². The minimum absolute atomic E-state index is 0.333. The van der Waals surface area contributed by atoms with E-state index in [4.69, 9.17) is 4.74 Å². The topological polar surface area (TPSA) is 25.4 Å². The van der Waals surface area contributed by atoms with Gasteiger partial charge in [0.15, 0.2) is 0 Å². The molecule has 2 aromatic heterocycles. The second kappa shape index (κ2) is 6.54. The summed E-state index contributed by atoms with van der Waals surface area (Å²) >= 11 is 1.83. The normalized spacial score (nSPS) is 19.0. The number of pyridine rings is 1. The van der Waals surface area contributed by atoms with Crippen LogP contribution in [0.25, 0.3) is 0 Å². The highest BCUT2D eigenvalue weighted by Crippen LogP contribution is 2.23. The van der Waals surface area contributed by atoms with E-state index in [-0.39, 0.29) is 5.82 Å². The van der Waals surface area contributed by atoms with Crippen LogP contribution in [0.1, 0.15) is 16.9 Å². The summed E-state index contributed by atoms with van der Waals surface area (Å²) in [5.74, 6) is 0.696. The number of rotatable bonds is 5. The summed E-state index contributed by atoms with van der Waals surface area (Å²) in [5.41, 5.74) is 1.38. The predicted octanol–water partition coefficient (Wildman–Crippen LogP) is 3.49. The van der Waals surface area contributed by atoms with E-state index in [1.54, 1.807) is 6.07 Å². The zero-order valence-corrected chi connectivity index (χ0v) is 12.9. The minimum Gasteiger partial charge on any atom is -0.477 e. The highest BCUT2D eigenvalue weighted by molar-refractivity contribution is 7.10. The Morgan fingerprint density at radius 2 is 2.33 bits per heavy atom. The molecule has 0 bridgehead atoms. The lowest BCUT2D eigenvalue weighted by atomic mass is 10.1. The van der Waals surface area contributed by atoms with Crippen molar-refractivity contribution >= 4 is 11.3 Å². The van der Waals surface area contributed by atoms with Gasteiger partial charge in [-0.3, -0.25) is 4.90 Å². The van der Waals surface area contributed by atoms with Crippen molar-refractivity contribution < 1.29 is 9.13 Å². The van der Waals surface area contributed by atoms with Gasteiger partial charge in [-0.05, 0) is 43.0 Å². The van der Waals surface area contributed by atoms with Crippen molar-refractivity contribution in [1.29, 1.82) is 0 Å². The zero-order chi connectivity index (χ0) is 14.7. The van der Waals surface area contributed by atoms with E-state index in [0.29, 0.717) is 18.4 Å². The molecule has 5 heteroatoms. The standard InChI is InChI=1S/C16H19FN2OS/c1-12-5-7-21-15(12)10-19-6-4-13(9-19)11-20-16-3-2-14(17)8-18-16/h2-3,5,7-8,13H,4,6,9-11H2,1H3. The Kier molecular flexibility index (Phi) is 4.51. The maximum atomic E-state index is 12.8. The van der Waals surface area contributed by atoms with E-state index in [0.717, 1.165) is 26.1 Å². The third-order valence-electron chi connectivity index (χ3n) is 3.87. The van der Waals surface area contributed by atoms with Crippen LogP contribution in [0, 0.1) is 18.7 Å². The summed E-state index contributed by atoms with van der Waals surface area (Å²) in [6.07, 6.45) is 2.33. The van der Waals surface area contributed by atoms with Crippen molar-refractivity contribution in [1.82, 2.24) is 9.88 Å². The van der Waals surface area contributed by atoms with Gasteiger partial charge in [0.2, 0.25) is 5.88 Å². The van der Waals surface area contributed by atoms with Gasteiger partial charge in [-0.15, -0.1) is 11.3 Å². The van der Waals surface area contributed by atoms with Crippen LogP contribution in [0.15, 0.2) is 29.8 Å². The summed E-state index contributed by atoms with van der Waals surface area (Å²) in [6.45, 7) is 6.02. The van der Waals surface area contributed by atoms with Gasteiger partial charge in [-0.2, -0.15) is 0 Å². The predicted molar refractivity (Wildman–Crippen MR) is 82.1 cm³/mol. The molecule has 0 aromatic carbocycles. The van der Waals surface area contributed by atoms with Crippen LogP contribution in [0.5, 0.6) is 5.88 Å². The molecule has 0 spiro atoms. The van der Waals surface area contributed by atoms with Crippen LogP contribution < -0.4 is 4.74 Å². The number of aryl methyl sites for hydroxylation is 1. The molecule has 0 radical (unpaired) electrons. The summed E-state index contributed by atoms with van der Waals surface area (Å²) in [4.78, 5) is 7.85. The first-order chi connectivity index (χ1) is 10.2. The monoisotopic (exact) mass is 306 g/mol. The van der Waals surface area contributed by atoms with Crippen LogP contribution in [0.3, 0.4) is 0 Å². The van der Waals surface area contributed by atoms with Crippen LogP contribution >= 0.6 is 11.3 Å². The Balaban J connectivity index is 1.46. The van der Waals surface area contributed by atoms with E-state index in [9.17, 15) is 4.39 Å². The van der Waals surface area contributed by atoms with Crippen LogP contribution in [-0.4, -0.2) is 29.6 Å². The Morgan fingerprint density at radius 1 is 1.43 bits per heavy atom. The minimum atomic E-state index is -0.333. The fourth-order valence-corrected chi connectivity index (χ4v) is 3.56. The van der Waals surface area contributed by atoms with Gasteiger partial charge in [-0.1, -0.05) is 0 Å². The zero-order valence-electron chi connectivity index (χ0n) is 12.1. The number of aromatic nitrogens is 1. The van der Waals surface area contributed by atoms with Crippen molar-refractivity contribution in [2.45, 2.75) is 19.9 Å². The van der Waals surface area contributed by atoms with E-state index in [1.807, 2.05) is 11.3 Å². The molecule has 21 heavy (non-hydrogen) atoms. The SMILES string of the molecule is Cc1ccsc1CN1CCC(COc2ccc(F)cn2)C1. The lowest BCUT2D eigenvalue weighted by Gasteiger charge is -2.16. The highest BCUT2D eigenvalue weighted by Gasteiger charge is 2.23. The molecule has 1 saturated heterocycles. The molecule has 1 atom stereocenters. The van der Waals surface area contributed by atoms with Crippen LogP contribution in [0.4, 0.5) is 4.39 Å². The van der Waals surface area contributed by atoms with Crippen molar-refractivity contribution in [2.24, 2.45) is 5.92 Å². The van der Waals surface area contributed by atoms with Gasteiger partial charge < -0.3 is 4.74 Å². The van der Waals surface area contributed by atoms with Crippen LogP contribution in [0.2, 0.25) is 0 Å². The number of ether oxygens (including phenoxy) is 1. The number of hydrogen-bond acceptors (Lipinski definition) is 4. The van der Waals surface area contributed by atoms with Gasteiger partial charge in [0.05, 0.1) is 12.8 Å². The lowest BCUT2D eigenvalue weighted by molar-refractivity contribution is 0.232. The molecule has 1 unspecified atom stereocenters. The van der Waals surface area contributed by atoms with E-state index in [2.05, 4.69) is 28.3 Å². The average molecular weight is 306 g/mol. The van der Waals surface area contributed by atoms with Gasteiger partial charge in [0, 0.05) is 30.0 Å². The quantitative estimate of drug-likeness (QED) is 0.845. The average Bonchev–Trinajstić information content (AvgIpc) is 3.09. The first-order valence-corrected chi connectivity index (χ1v) is 8.08. The van der Waals surface area contributed by atoms with E-state index in [1.165, 1.54) is 22.7 Å². The number of thiophene rings is 1. The van der Waals surface area contributed by atoms with Crippen molar-refractivity contribution in [3.63, 3.8) is 0 Å². The number of nitrogens with zero attached hydrogens (tertiary/aromatic N) is 2. The molecule has 2 aromatic rings.